The molecular weight excluding hydrogens is 188 g/mol. The van der Waals surface area contributed by atoms with Gasteiger partial charge in [-0.05, 0) is 6.92 Å². The minimum Gasteiger partial charge on any atom is -0.393 e. The fourth-order valence-corrected chi connectivity index (χ4v) is 1.28. The Hall–Kier alpha value is -0.680. The van der Waals surface area contributed by atoms with Gasteiger partial charge in [0.15, 0.2) is 0 Å². The van der Waals surface area contributed by atoms with Crippen LogP contribution >= 0.6 is 12.2 Å². The standard InChI is InChI=1S/C8H14N2O2S/c1-6(7(9)13)8(11)10-2-4-12-5-3-10/h6H,2-5H2,1H3,(H2,9,13). The van der Waals surface area contributed by atoms with E-state index in [2.05, 4.69) is 0 Å². The molecule has 1 atom stereocenters. The molecule has 0 radical (unpaired) electrons. The molecular formula is C8H14N2O2S. The van der Waals surface area contributed by atoms with Crippen molar-refractivity contribution < 1.29 is 9.53 Å². The van der Waals surface area contributed by atoms with Gasteiger partial charge in [-0.15, -0.1) is 0 Å². The summed E-state index contributed by atoms with van der Waals surface area (Å²) in [6.07, 6.45) is 0. The number of hydrogen-bond donors (Lipinski definition) is 1. The Bertz CT molecular complexity index is 214. The Morgan fingerprint density at radius 2 is 2.08 bits per heavy atom. The van der Waals surface area contributed by atoms with Crippen LogP contribution in [0.15, 0.2) is 0 Å². The fraction of sp³-hybridized carbons (Fsp3) is 0.750. The molecule has 13 heavy (non-hydrogen) atoms. The lowest BCUT2D eigenvalue weighted by Crippen LogP contribution is -2.45. The van der Waals surface area contributed by atoms with E-state index < -0.39 is 0 Å². The maximum atomic E-state index is 11.6. The molecule has 4 nitrogen and oxygen atoms in total. The van der Waals surface area contributed by atoms with Crippen LogP contribution in [0.3, 0.4) is 0 Å². The number of carbonyl (C=O) groups excluding carboxylic acids is 1. The fourth-order valence-electron chi connectivity index (χ4n) is 1.18. The first-order valence-corrected chi connectivity index (χ1v) is 4.69. The lowest BCUT2D eigenvalue weighted by molar-refractivity contribution is -0.136. The maximum Gasteiger partial charge on any atom is 0.232 e. The van der Waals surface area contributed by atoms with Crippen LogP contribution in [0.4, 0.5) is 0 Å². The van der Waals surface area contributed by atoms with E-state index in [9.17, 15) is 4.79 Å². The summed E-state index contributed by atoms with van der Waals surface area (Å²) < 4.78 is 5.13. The smallest absolute Gasteiger partial charge is 0.232 e. The summed E-state index contributed by atoms with van der Waals surface area (Å²) in [6.45, 7) is 4.24. The first-order chi connectivity index (χ1) is 6.13. The molecule has 1 rings (SSSR count). The third-order valence-electron chi connectivity index (χ3n) is 2.12. The number of amides is 1. The zero-order valence-electron chi connectivity index (χ0n) is 7.66. The summed E-state index contributed by atoms with van der Waals surface area (Å²) in [4.78, 5) is 13.6. The van der Waals surface area contributed by atoms with Crippen LogP contribution in [0.25, 0.3) is 0 Å². The molecule has 0 aliphatic carbocycles. The molecule has 0 spiro atoms. The van der Waals surface area contributed by atoms with Crippen LogP contribution in [0.5, 0.6) is 0 Å². The highest BCUT2D eigenvalue weighted by Gasteiger charge is 2.23. The Morgan fingerprint density at radius 1 is 1.54 bits per heavy atom. The molecule has 0 saturated carbocycles. The maximum absolute atomic E-state index is 11.6. The van der Waals surface area contributed by atoms with E-state index in [1.807, 2.05) is 0 Å². The quantitative estimate of drug-likeness (QED) is 0.628. The third-order valence-corrected chi connectivity index (χ3v) is 2.47. The van der Waals surface area contributed by atoms with Crippen LogP contribution in [-0.4, -0.2) is 42.1 Å². The van der Waals surface area contributed by atoms with E-state index in [0.29, 0.717) is 26.3 Å². The summed E-state index contributed by atoms with van der Waals surface area (Å²) in [7, 11) is 0. The van der Waals surface area contributed by atoms with E-state index >= 15 is 0 Å². The van der Waals surface area contributed by atoms with Gasteiger partial charge in [0.05, 0.1) is 24.1 Å². The second-order valence-electron chi connectivity index (χ2n) is 3.06. The van der Waals surface area contributed by atoms with Crippen LogP contribution < -0.4 is 5.73 Å². The van der Waals surface area contributed by atoms with Gasteiger partial charge in [-0.2, -0.15) is 0 Å². The summed E-state index contributed by atoms with van der Waals surface area (Å²) in [5.41, 5.74) is 5.40. The van der Waals surface area contributed by atoms with Crippen LogP contribution in [0, 0.1) is 5.92 Å². The molecule has 0 bridgehead atoms. The first kappa shape index (κ1) is 10.4. The van der Waals surface area contributed by atoms with E-state index in [0.717, 1.165) is 0 Å². The Kier molecular flexibility index (Phi) is 3.62. The number of hydrogen-bond acceptors (Lipinski definition) is 3. The van der Waals surface area contributed by atoms with Gasteiger partial charge in [0.2, 0.25) is 5.91 Å². The lowest BCUT2D eigenvalue weighted by Gasteiger charge is -2.28. The van der Waals surface area contributed by atoms with Crippen LogP contribution in [-0.2, 0) is 9.53 Å². The van der Waals surface area contributed by atoms with Crippen LogP contribution in [0.2, 0.25) is 0 Å². The van der Waals surface area contributed by atoms with Crippen molar-refractivity contribution in [3.63, 3.8) is 0 Å². The number of ether oxygens (including phenoxy) is 1. The largest absolute Gasteiger partial charge is 0.393 e. The summed E-state index contributed by atoms with van der Waals surface area (Å²) in [5, 5.41) is 0. The molecule has 1 heterocycles. The number of carbonyl (C=O) groups is 1. The van der Waals surface area contributed by atoms with Crippen molar-refractivity contribution >= 4 is 23.1 Å². The van der Waals surface area contributed by atoms with Gasteiger partial charge in [-0.3, -0.25) is 4.79 Å². The zero-order valence-corrected chi connectivity index (χ0v) is 8.47. The topological polar surface area (TPSA) is 55.6 Å². The Labute approximate surface area is 83.0 Å². The summed E-state index contributed by atoms with van der Waals surface area (Å²) in [6, 6.07) is 0. The first-order valence-electron chi connectivity index (χ1n) is 4.29. The molecule has 1 aliphatic rings. The number of morpholine rings is 1. The van der Waals surface area contributed by atoms with Gasteiger partial charge in [0.1, 0.15) is 0 Å². The molecule has 2 N–H and O–H groups in total. The molecule has 1 unspecified atom stereocenters. The number of nitrogens with zero attached hydrogens (tertiary/aromatic N) is 1. The van der Waals surface area contributed by atoms with Gasteiger partial charge in [-0.25, -0.2) is 0 Å². The average Bonchev–Trinajstić information content (AvgIpc) is 2.17. The van der Waals surface area contributed by atoms with Crippen molar-refractivity contribution in [1.29, 1.82) is 0 Å². The zero-order chi connectivity index (χ0) is 9.84. The molecule has 1 amide bonds. The normalized spacial score (nSPS) is 19.6. The van der Waals surface area contributed by atoms with Crippen molar-refractivity contribution in [1.82, 2.24) is 4.90 Å². The monoisotopic (exact) mass is 202 g/mol. The lowest BCUT2D eigenvalue weighted by atomic mass is 10.1. The minimum absolute atomic E-state index is 0.0100. The van der Waals surface area contributed by atoms with Crippen LogP contribution in [0.1, 0.15) is 6.92 Å². The molecule has 0 aromatic heterocycles. The van der Waals surface area contributed by atoms with Crippen molar-refractivity contribution in [3.8, 4) is 0 Å². The highest BCUT2D eigenvalue weighted by Crippen LogP contribution is 2.05. The van der Waals surface area contributed by atoms with E-state index in [1.54, 1.807) is 11.8 Å². The van der Waals surface area contributed by atoms with Gasteiger partial charge in [0.25, 0.3) is 0 Å². The molecule has 74 valence electrons. The molecule has 0 aromatic carbocycles. The van der Waals surface area contributed by atoms with Crippen molar-refractivity contribution in [3.05, 3.63) is 0 Å². The van der Waals surface area contributed by atoms with Gasteiger partial charge in [0, 0.05) is 13.1 Å². The second kappa shape index (κ2) is 4.53. The SMILES string of the molecule is CC(C(=O)N1CCOCC1)C(N)=S. The molecule has 5 heteroatoms. The summed E-state index contributed by atoms with van der Waals surface area (Å²) in [5.74, 6) is -0.344. The van der Waals surface area contributed by atoms with Gasteiger partial charge in [-0.1, -0.05) is 12.2 Å². The van der Waals surface area contributed by atoms with E-state index in [4.69, 9.17) is 22.7 Å². The Morgan fingerprint density at radius 3 is 2.54 bits per heavy atom. The van der Waals surface area contributed by atoms with E-state index in [-0.39, 0.29) is 16.8 Å². The number of thiocarbonyl (C=S) groups is 1. The Balaban J connectivity index is 2.50. The second-order valence-corrected chi connectivity index (χ2v) is 3.53. The van der Waals surface area contributed by atoms with Crippen molar-refractivity contribution in [2.24, 2.45) is 11.7 Å². The molecule has 0 aromatic rings. The van der Waals surface area contributed by atoms with Crippen molar-refractivity contribution in [2.75, 3.05) is 26.3 Å². The predicted molar refractivity (Wildman–Crippen MR) is 53.3 cm³/mol. The highest BCUT2D eigenvalue weighted by atomic mass is 32.1. The minimum atomic E-state index is -0.354. The van der Waals surface area contributed by atoms with Gasteiger partial charge < -0.3 is 15.4 Å². The average molecular weight is 202 g/mol. The molecule has 1 aliphatic heterocycles. The summed E-state index contributed by atoms with van der Waals surface area (Å²) >= 11 is 4.76. The van der Waals surface area contributed by atoms with Gasteiger partial charge >= 0.3 is 0 Å². The predicted octanol–water partition coefficient (Wildman–Crippen LogP) is -0.233. The highest BCUT2D eigenvalue weighted by molar-refractivity contribution is 7.80. The third kappa shape index (κ3) is 2.63. The molecule has 1 fully saturated rings. The van der Waals surface area contributed by atoms with E-state index in [1.165, 1.54) is 0 Å². The van der Waals surface area contributed by atoms with Crippen molar-refractivity contribution in [2.45, 2.75) is 6.92 Å². The molecule has 1 saturated heterocycles. The number of nitrogens with two attached hydrogens (primary N) is 1. The number of rotatable bonds is 2.